The zero-order chi connectivity index (χ0) is 31.3. The Kier molecular flexibility index (Phi) is 5.50. The summed E-state index contributed by atoms with van der Waals surface area (Å²) in [7, 11) is 0. The van der Waals surface area contributed by atoms with Gasteiger partial charge in [-0.3, -0.25) is 0 Å². The molecule has 0 amide bonds. The number of rotatable bonds is 3. The van der Waals surface area contributed by atoms with Crippen LogP contribution in [0.5, 0.6) is 0 Å². The van der Waals surface area contributed by atoms with Gasteiger partial charge in [0.05, 0.1) is 16.7 Å². The minimum Gasteiger partial charge on any atom is -0.309 e. The topological polar surface area (TPSA) is 30.7 Å². The van der Waals surface area contributed by atoms with Crippen molar-refractivity contribution >= 4 is 53.4 Å². The standard InChI is InChI=1S/C43H29N3S/c1-43(2)33-17-9-6-15-31(33)37-34(43)25-24-30-29-14-7-10-18-35(29)46(40(30)37)28-22-20-26(21-23-28)39-38-32-16-8-11-19-36(32)47-42(38)45-41(44-39)27-12-4-3-5-13-27/h3-25H,1-2H3. The summed E-state index contributed by atoms with van der Waals surface area (Å²) in [4.78, 5) is 11.3. The van der Waals surface area contributed by atoms with Crippen LogP contribution in [0.15, 0.2) is 140 Å². The Morgan fingerprint density at radius 2 is 1.30 bits per heavy atom. The van der Waals surface area contributed by atoms with E-state index < -0.39 is 0 Å². The number of hydrogen-bond donors (Lipinski definition) is 0. The van der Waals surface area contributed by atoms with Crippen LogP contribution >= 0.6 is 11.3 Å². The van der Waals surface area contributed by atoms with E-state index in [2.05, 4.69) is 140 Å². The maximum Gasteiger partial charge on any atom is 0.161 e. The summed E-state index contributed by atoms with van der Waals surface area (Å²) in [6.45, 7) is 4.71. The molecule has 0 aliphatic heterocycles. The molecule has 4 heteroatoms. The molecular weight excluding hydrogens is 591 g/mol. The quantitative estimate of drug-likeness (QED) is 0.197. The number of fused-ring (bicyclic) bond motifs is 10. The fourth-order valence-electron chi connectivity index (χ4n) is 7.83. The fraction of sp³-hybridized carbons (Fsp3) is 0.0698. The van der Waals surface area contributed by atoms with E-state index in [1.165, 1.54) is 54.1 Å². The minimum atomic E-state index is -0.0661. The van der Waals surface area contributed by atoms with E-state index in [0.29, 0.717) is 0 Å². The second-order valence-electron chi connectivity index (χ2n) is 13.0. The summed E-state index contributed by atoms with van der Waals surface area (Å²) in [5, 5.41) is 4.87. The van der Waals surface area contributed by atoms with Crippen molar-refractivity contribution in [3.63, 3.8) is 0 Å². The molecule has 222 valence electrons. The second-order valence-corrected chi connectivity index (χ2v) is 14.0. The number of para-hydroxylation sites is 1. The Balaban J connectivity index is 1.22. The van der Waals surface area contributed by atoms with Crippen molar-refractivity contribution in [2.24, 2.45) is 0 Å². The third-order valence-electron chi connectivity index (χ3n) is 10.0. The Morgan fingerprint density at radius 3 is 2.15 bits per heavy atom. The first-order valence-corrected chi connectivity index (χ1v) is 16.9. The second kappa shape index (κ2) is 9.71. The summed E-state index contributed by atoms with van der Waals surface area (Å²) >= 11 is 1.73. The van der Waals surface area contributed by atoms with Gasteiger partial charge in [0.2, 0.25) is 0 Å². The number of nitrogens with zero attached hydrogens (tertiary/aromatic N) is 3. The highest BCUT2D eigenvalue weighted by atomic mass is 32.1. The lowest BCUT2D eigenvalue weighted by Gasteiger charge is -2.21. The minimum absolute atomic E-state index is 0.0661. The Morgan fingerprint density at radius 1 is 0.574 bits per heavy atom. The first kappa shape index (κ1) is 26.6. The molecule has 0 saturated heterocycles. The van der Waals surface area contributed by atoms with E-state index >= 15 is 0 Å². The van der Waals surface area contributed by atoms with Gasteiger partial charge >= 0.3 is 0 Å². The average Bonchev–Trinajstić information content (AvgIpc) is 3.74. The van der Waals surface area contributed by atoms with Gasteiger partial charge in [-0.05, 0) is 41.0 Å². The van der Waals surface area contributed by atoms with Crippen molar-refractivity contribution in [1.82, 2.24) is 14.5 Å². The van der Waals surface area contributed by atoms with Crippen LogP contribution in [-0.4, -0.2) is 14.5 Å². The van der Waals surface area contributed by atoms with Gasteiger partial charge in [0.15, 0.2) is 5.82 Å². The predicted molar refractivity (Wildman–Crippen MR) is 198 cm³/mol. The monoisotopic (exact) mass is 619 g/mol. The highest BCUT2D eigenvalue weighted by molar-refractivity contribution is 7.25. The van der Waals surface area contributed by atoms with Crippen molar-refractivity contribution in [2.45, 2.75) is 19.3 Å². The van der Waals surface area contributed by atoms with Crippen LogP contribution < -0.4 is 0 Å². The van der Waals surface area contributed by atoms with Crippen LogP contribution in [-0.2, 0) is 5.41 Å². The van der Waals surface area contributed by atoms with Gasteiger partial charge in [0, 0.05) is 54.0 Å². The highest BCUT2D eigenvalue weighted by Gasteiger charge is 2.37. The van der Waals surface area contributed by atoms with E-state index in [1.807, 2.05) is 18.2 Å². The Hall–Kier alpha value is -5.58. The maximum atomic E-state index is 5.23. The van der Waals surface area contributed by atoms with Gasteiger partial charge in [0.25, 0.3) is 0 Å². The molecule has 0 radical (unpaired) electrons. The van der Waals surface area contributed by atoms with E-state index in [1.54, 1.807) is 11.3 Å². The van der Waals surface area contributed by atoms with E-state index in [0.717, 1.165) is 38.5 Å². The molecule has 0 spiro atoms. The lowest BCUT2D eigenvalue weighted by molar-refractivity contribution is 0.661. The lowest BCUT2D eigenvalue weighted by atomic mass is 9.82. The molecule has 3 aromatic heterocycles. The number of hydrogen-bond acceptors (Lipinski definition) is 3. The first-order chi connectivity index (χ1) is 23.1. The third-order valence-corrected chi connectivity index (χ3v) is 11.1. The van der Waals surface area contributed by atoms with E-state index in [9.17, 15) is 0 Å². The molecule has 0 fully saturated rings. The Labute approximate surface area is 276 Å². The van der Waals surface area contributed by atoms with Gasteiger partial charge in [-0.2, -0.15) is 0 Å². The summed E-state index contributed by atoms with van der Waals surface area (Å²) < 4.78 is 3.69. The molecule has 6 aromatic carbocycles. The normalized spacial score (nSPS) is 13.5. The smallest absolute Gasteiger partial charge is 0.161 e. The van der Waals surface area contributed by atoms with Crippen LogP contribution in [0.3, 0.4) is 0 Å². The van der Waals surface area contributed by atoms with Crippen molar-refractivity contribution in [1.29, 1.82) is 0 Å². The van der Waals surface area contributed by atoms with Gasteiger partial charge < -0.3 is 4.57 Å². The molecular formula is C43H29N3S. The molecule has 0 atom stereocenters. The average molecular weight is 620 g/mol. The SMILES string of the molecule is CC1(C)c2ccccc2-c2c1ccc1c3ccccc3n(-c3ccc(-c4nc(-c5ccccc5)nc5sc6ccccc6c45)cc3)c21. The maximum absolute atomic E-state index is 5.23. The fourth-order valence-corrected chi connectivity index (χ4v) is 8.90. The Bertz CT molecular complexity index is 2700. The van der Waals surface area contributed by atoms with Crippen molar-refractivity contribution in [3.8, 4) is 39.5 Å². The number of benzene rings is 6. The predicted octanol–water partition coefficient (Wildman–Crippen LogP) is 11.6. The van der Waals surface area contributed by atoms with Crippen molar-refractivity contribution in [2.75, 3.05) is 0 Å². The van der Waals surface area contributed by atoms with Gasteiger partial charge in [0.1, 0.15) is 4.83 Å². The van der Waals surface area contributed by atoms with Crippen molar-refractivity contribution in [3.05, 3.63) is 151 Å². The first-order valence-electron chi connectivity index (χ1n) is 16.1. The molecule has 10 rings (SSSR count). The molecule has 0 bridgehead atoms. The highest BCUT2D eigenvalue weighted by Crippen LogP contribution is 2.53. The molecule has 47 heavy (non-hydrogen) atoms. The van der Waals surface area contributed by atoms with Crippen LogP contribution in [0.1, 0.15) is 25.0 Å². The lowest BCUT2D eigenvalue weighted by Crippen LogP contribution is -2.14. The van der Waals surface area contributed by atoms with Gasteiger partial charge in [-0.25, -0.2) is 9.97 Å². The molecule has 1 aliphatic rings. The molecule has 3 heterocycles. The summed E-state index contributed by atoms with van der Waals surface area (Å²) in [6.07, 6.45) is 0. The van der Waals surface area contributed by atoms with E-state index in [4.69, 9.17) is 9.97 Å². The zero-order valence-electron chi connectivity index (χ0n) is 26.0. The van der Waals surface area contributed by atoms with Gasteiger partial charge in [-0.1, -0.05) is 129 Å². The number of aromatic nitrogens is 3. The van der Waals surface area contributed by atoms with Crippen molar-refractivity contribution < 1.29 is 0 Å². The zero-order valence-corrected chi connectivity index (χ0v) is 26.8. The number of thiophene rings is 1. The molecule has 1 aliphatic carbocycles. The van der Waals surface area contributed by atoms with Crippen LogP contribution in [0.4, 0.5) is 0 Å². The van der Waals surface area contributed by atoms with Crippen LogP contribution in [0.2, 0.25) is 0 Å². The summed E-state index contributed by atoms with van der Waals surface area (Å²) in [5.41, 5.74) is 12.1. The molecule has 0 unspecified atom stereocenters. The van der Waals surface area contributed by atoms with Crippen LogP contribution in [0, 0.1) is 0 Å². The van der Waals surface area contributed by atoms with Crippen LogP contribution in [0.25, 0.3) is 81.6 Å². The molecule has 0 N–H and O–H groups in total. The van der Waals surface area contributed by atoms with Gasteiger partial charge in [-0.15, -0.1) is 11.3 Å². The molecule has 3 nitrogen and oxygen atoms in total. The third kappa shape index (κ3) is 3.73. The molecule has 9 aromatic rings. The summed E-state index contributed by atoms with van der Waals surface area (Å²) in [5.74, 6) is 0.753. The largest absolute Gasteiger partial charge is 0.309 e. The van der Waals surface area contributed by atoms with E-state index in [-0.39, 0.29) is 5.41 Å². The molecule has 0 saturated carbocycles. The summed E-state index contributed by atoms with van der Waals surface area (Å²) in [6, 6.07) is 50.3.